The Bertz CT molecular complexity index is 925. The summed E-state index contributed by atoms with van der Waals surface area (Å²) >= 11 is 8.11. The van der Waals surface area contributed by atoms with E-state index in [0.717, 1.165) is 41.2 Å². The zero-order chi connectivity index (χ0) is 19.9. The first-order chi connectivity index (χ1) is 13.5. The van der Waals surface area contributed by atoms with Gasteiger partial charge in [-0.05, 0) is 43.3 Å². The van der Waals surface area contributed by atoms with Crippen molar-refractivity contribution in [1.29, 1.82) is 0 Å². The molecule has 1 aromatic carbocycles. The minimum Gasteiger partial charge on any atom is -0.356 e. The molecule has 3 rings (SSSR count). The normalized spacial score (nSPS) is 12.3. The maximum absolute atomic E-state index is 6.35. The van der Waals surface area contributed by atoms with Crippen molar-refractivity contribution in [2.45, 2.75) is 32.9 Å². The van der Waals surface area contributed by atoms with E-state index in [1.54, 1.807) is 11.3 Å². The Balaban J connectivity index is 0.00000300. The molecule has 156 valence electrons. The molecule has 0 radical (unpaired) electrons. The molecule has 2 N–H and O–H groups in total. The molecule has 6 nitrogen and oxygen atoms in total. The molecule has 0 bridgehead atoms. The van der Waals surface area contributed by atoms with Crippen LogP contribution < -0.4 is 10.6 Å². The number of rotatable bonds is 7. The lowest BCUT2D eigenvalue weighted by Gasteiger charge is -2.19. The third-order valence-electron chi connectivity index (χ3n) is 4.53. The van der Waals surface area contributed by atoms with E-state index in [0.29, 0.717) is 6.54 Å². The van der Waals surface area contributed by atoms with Crippen LogP contribution in [-0.4, -0.2) is 27.3 Å². The van der Waals surface area contributed by atoms with Gasteiger partial charge in [0.05, 0.1) is 6.04 Å². The van der Waals surface area contributed by atoms with Gasteiger partial charge < -0.3 is 15.2 Å². The quantitative estimate of drug-likeness (QED) is 0.261. The van der Waals surface area contributed by atoms with Gasteiger partial charge >= 0.3 is 0 Å². The second-order valence-corrected chi connectivity index (χ2v) is 7.97. The second-order valence-electron chi connectivity index (χ2n) is 6.53. The first kappa shape index (κ1) is 23.6. The van der Waals surface area contributed by atoms with Crippen LogP contribution in [0.4, 0.5) is 0 Å². The summed E-state index contributed by atoms with van der Waals surface area (Å²) in [6.07, 6.45) is 0.946. The molecular formula is C20H26ClIN6S. The third-order valence-corrected chi connectivity index (χ3v) is 5.81. The van der Waals surface area contributed by atoms with Gasteiger partial charge in [0.2, 0.25) is 0 Å². The molecule has 2 heterocycles. The zero-order valence-corrected chi connectivity index (χ0v) is 20.6. The number of benzene rings is 1. The van der Waals surface area contributed by atoms with Gasteiger partial charge in [-0.2, -0.15) is 0 Å². The van der Waals surface area contributed by atoms with Crippen LogP contribution in [0.2, 0.25) is 5.02 Å². The number of nitrogens with zero attached hydrogens (tertiary/aromatic N) is 4. The SMILES string of the molecule is Cc1nnc(CN=C(NCCc2cccs2)NC(C)c2ccccc2Cl)n1C.I. The first-order valence-electron chi connectivity index (χ1n) is 9.21. The molecule has 0 aliphatic rings. The highest BCUT2D eigenvalue weighted by atomic mass is 127. The summed E-state index contributed by atoms with van der Waals surface area (Å²) in [5.41, 5.74) is 1.03. The topological polar surface area (TPSA) is 67.1 Å². The highest BCUT2D eigenvalue weighted by Gasteiger charge is 2.12. The van der Waals surface area contributed by atoms with E-state index in [1.807, 2.05) is 42.8 Å². The smallest absolute Gasteiger partial charge is 0.192 e. The van der Waals surface area contributed by atoms with Crippen molar-refractivity contribution in [3.8, 4) is 0 Å². The van der Waals surface area contributed by atoms with Crippen LogP contribution in [0.25, 0.3) is 0 Å². The first-order valence-corrected chi connectivity index (χ1v) is 10.5. The van der Waals surface area contributed by atoms with E-state index in [2.05, 4.69) is 45.3 Å². The van der Waals surface area contributed by atoms with Crippen molar-refractivity contribution >= 4 is 52.9 Å². The maximum Gasteiger partial charge on any atom is 0.192 e. The van der Waals surface area contributed by atoms with Crippen LogP contribution in [0.1, 0.15) is 35.1 Å². The molecule has 0 aliphatic heterocycles. The maximum atomic E-state index is 6.35. The Kier molecular flexibility index (Phi) is 9.38. The lowest BCUT2D eigenvalue weighted by atomic mass is 10.1. The van der Waals surface area contributed by atoms with Gasteiger partial charge in [-0.3, -0.25) is 0 Å². The van der Waals surface area contributed by atoms with Gasteiger partial charge in [0.25, 0.3) is 0 Å². The highest BCUT2D eigenvalue weighted by molar-refractivity contribution is 14.0. The summed E-state index contributed by atoms with van der Waals surface area (Å²) in [6, 6.07) is 12.1. The Morgan fingerprint density at radius 2 is 2.03 bits per heavy atom. The second kappa shape index (κ2) is 11.5. The molecule has 0 saturated heterocycles. The molecule has 2 aromatic heterocycles. The number of hydrogen-bond donors (Lipinski definition) is 2. The van der Waals surface area contributed by atoms with Crippen LogP contribution in [0, 0.1) is 6.92 Å². The van der Waals surface area contributed by atoms with Crippen molar-refractivity contribution in [2.75, 3.05) is 6.54 Å². The average molecular weight is 545 g/mol. The summed E-state index contributed by atoms with van der Waals surface area (Å²) < 4.78 is 1.95. The Labute approximate surface area is 197 Å². The van der Waals surface area contributed by atoms with E-state index in [9.17, 15) is 0 Å². The molecule has 0 saturated carbocycles. The van der Waals surface area contributed by atoms with E-state index in [-0.39, 0.29) is 30.0 Å². The molecule has 1 atom stereocenters. The number of hydrogen-bond acceptors (Lipinski definition) is 4. The summed E-state index contributed by atoms with van der Waals surface area (Å²) in [7, 11) is 1.95. The van der Waals surface area contributed by atoms with E-state index in [1.165, 1.54) is 4.88 Å². The predicted octanol–water partition coefficient (Wildman–Crippen LogP) is 4.50. The fourth-order valence-corrected chi connectivity index (χ4v) is 3.77. The van der Waals surface area contributed by atoms with Crippen molar-refractivity contribution in [3.05, 3.63) is 68.9 Å². The molecule has 3 aromatic rings. The summed E-state index contributed by atoms with van der Waals surface area (Å²) in [5, 5.41) is 18.0. The third kappa shape index (κ3) is 6.68. The lowest BCUT2D eigenvalue weighted by molar-refractivity contribution is 0.676. The van der Waals surface area contributed by atoms with Gasteiger partial charge in [-0.25, -0.2) is 4.99 Å². The van der Waals surface area contributed by atoms with E-state index >= 15 is 0 Å². The van der Waals surface area contributed by atoms with E-state index in [4.69, 9.17) is 16.6 Å². The number of halogens is 2. The molecule has 1 unspecified atom stereocenters. The van der Waals surface area contributed by atoms with Gasteiger partial charge in [-0.15, -0.1) is 45.5 Å². The predicted molar refractivity (Wildman–Crippen MR) is 131 cm³/mol. The standard InChI is InChI=1S/C20H25ClN6S.HI/c1-14(17-8-4-5-9-18(17)21)24-20(22-11-10-16-7-6-12-28-16)23-13-19-26-25-15(2)27(19)3;/h4-9,12,14H,10-11,13H2,1-3H3,(H2,22,23,24);1H. The van der Waals surface area contributed by atoms with Gasteiger partial charge in [0.1, 0.15) is 12.4 Å². The van der Waals surface area contributed by atoms with Crippen molar-refractivity contribution in [1.82, 2.24) is 25.4 Å². The summed E-state index contributed by atoms with van der Waals surface area (Å²) in [6.45, 7) is 5.24. The summed E-state index contributed by atoms with van der Waals surface area (Å²) in [4.78, 5) is 6.06. The largest absolute Gasteiger partial charge is 0.356 e. The molecule has 0 aliphatic carbocycles. The Hall–Kier alpha value is -1.65. The number of aromatic nitrogens is 3. The monoisotopic (exact) mass is 544 g/mol. The summed E-state index contributed by atoms with van der Waals surface area (Å²) in [5.74, 6) is 2.42. The van der Waals surface area contributed by atoms with Crippen LogP contribution in [0.3, 0.4) is 0 Å². The molecular weight excluding hydrogens is 519 g/mol. The zero-order valence-electron chi connectivity index (χ0n) is 16.7. The van der Waals surface area contributed by atoms with Gasteiger partial charge in [-0.1, -0.05) is 35.9 Å². The van der Waals surface area contributed by atoms with E-state index < -0.39 is 0 Å². The molecule has 0 spiro atoms. The van der Waals surface area contributed by atoms with Crippen LogP contribution in [0.5, 0.6) is 0 Å². The van der Waals surface area contributed by atoms with Crippen LogP contribution in [0.15, 0.2) is 46.8 Å². The van der Waals surface area contributed by atoms with Crippen molar-refractivity contribution < 1.29 is 0 Å². The van der Waals surface area contributed by atoms with Gasteiger partial charge in [0, 0.05) is 23.5 Å². The lowest BCUT2D eigenvalue weighted by Crippen LogP contribution is -2.39. The van der Waals surface area contributed by atoms with Crippen molar-refractivity contribution in [3.63, 3.8) is 0 Å². The Morgan fingerprint density at radius 3 is 2.69 bits per heavy atom. The average Bonchev–Trinajstić information content (AvgIpc) is 3.31. The minimum absolute atomic E-state index is 0. The highest BCUT2D eigenvalue weighted by Crippen LogP contribution is 2.22. The number of aliphatic imine (C=N–C) groups is 1. The Morgan fingerprint density at radius 1 is 1.24 bits per heavy atom. The molecule has 0 fully saturated rings. The molecule has 9 heteroatoms. The fraction of sp³-hybridized carbons (Fsp3) is 0.350. The number of aryl methyl sites for hydroxylation is 1. The van der Waals surface area contributed by atoms with Crippen LogP contribution in [-0.2, 0) is 20.0 Å². The molecule has 29 heavy (non-hydrogen) atoms. The minimum atomic E-state index is 0. The number of thiophene rings is 1. The van der Waals surface area contributed by atoms with Crippen LogP contribution >= 0.6 is 46.9 Å². The molecule has 0 amide bonds. The number of nitrogens with one attached hydrogen (secondary N) is 2. The van der Waals surface area contributed by atoms with Crippen molar-refractivity contribution in [2.24, 2.45) is 12.0 Å². The number of guanidine groups is 1. The fourth-order valence-electron chi connectivity index (χ4n) is 2.76. The van der Waals surface area contributed by atoms with Gasteiger partial charge in [0.15, 0.2) is 11.8 Å².